The molecule has 3 aliphatic carbocycles. The molecule has 0 heterocycles. The van der Waals surface area contributed by atoms with Crippen LogP contribution in [-0.4, -0.2) is 35.4 Å². The van der Waals surface area contributed by atoms with Crippen LogP contribution in [0, 0.1) is 0 Å². The molecule has 0 aliphatic heterocycles. The Bertz CT molecular complexity index is 607. The van der Waals surface area contributed by atoms with Crippen molar-refractivity contribution in [2.45, 2.75) is 210 Å². The van der Waals surface area contributed by atoms with Crippen LogP contribution in [0.15, 0.2) is 12.2 Å². The first-order chi connectivity index (χ1) is 20.1. The summed E-state index contributed by atoms with van der Waals surface area (Å²) in [4.78, 5) is 11.8. The summed E-state index contributed by atoms with van der Waals surface area (Å²) in [6.07, 6.45) is 33.7. The zero-order chi connectivity index (χ0) is 29.0. The van der Waals surface area contributed by atoms with E-state index in [2.05, 4.69) is 6.58 Å². The van der Waals surface area contributed by atoms with E-state index in [0.717, 1.165) is 38.5 Å². The lowest BCUT2D eigenvalue weighted by atomic mass is 9.98. The predicted octanol–water partition coefficient (Wildman–Crippen LogP) is 10.8. The molecule has 0 unspecified atom stereocenters. The molecule has 0 bridgehead atoms. The van der Waals surface area contributed by atoms with Gasteiger partial charge in [-0.25, -0.2) is 4.79 Å². The van der Waals surface area contributed by atoms with Gasteiger partial charge in [0.05, 0.1) is 18.3 Å². The lowest BCUT2D eigenvalue weighted by molar-refractivity contribution is -0.422. The Morgan fingerprint density at radius 3 is 1.00 bits per heavy atom. The van der Waals surface area contributed by atoms with Gasteiger partial charge in [-0.3, -0.25) is 0 Å². The van der Waals surface area contributed by atoms with E-state index in [9.17, 15) is 9.90 Å². The van der Waals surface area contributed by atoms with Gasteiger partial charge >= 0.3 is 5.97 Å². The van der Waals surface area contributed by atoms with Crippen molar-refractivity contribution in [3.05, 3.63) is 12.2 Å². The quantitative estimate of drug-likeness (QED) is 0.207. The van der Waals surface area contributed by atoms with Crippen LogP contribution in [0.2, 0.25) is 0 Å². The van der Waals surface area contributed by atoms with Crippen LogP contribution in [0.5, 0.6) is 0 Å². The highest BCUT2D eigenvalue weighted by Gasteiger charge is 2.41. The first-order valence-corrected chi connectivity index (χ1v) is 18.0. The van der Waals surface area contributed by atoms with Crippen LogP contribution >= 0.6 is 0 Å². The van der Waals surface area contributed by atoms with E-state index in [0.29, 0.717) is 12.8 Å². The number of hydrogen-bond acceptors (Lipinski definition) is 4. The first kappa shape index (κ1) is 34.6. The average molecular weight is 577 g/mol. The molecular formula is C36H64O5. The lowest BCUT2D eigenvalue weighted by Gasteiger charge is -2.42. The molecule has 0 atom stereocenters. The van der Waals surface area contributed by atoms with Gasteiger partial charge < -0.3 is 19.3 Å². The van der Waals surface area contributed by atoms with Crippen molar-refractivity contribution < 1.29 is 24.1 Å². The highest BCUT2D eigenvalue weighted by atomic mass is 16.9. The number of carboxylic acid groups (broad SMARTS) is 1. The Kier molecular flexibility index (Phi) is 17.6. The second kappa shape index (κ2) is 20.9. The Morgan fingerprint density at radius 2 is 0.756 bits per heavy atom. The van der Waals surface area contributed by atoms with Gasteiger partial charge in [-0.15, -0.1) is 0 Å². The molecule has 5 heteroatoms. The molecule has 5 nitrogen and oxygen atoms in total. The van der Waals surface area contributed by atoms with Crippen molar-refractivity contribution in [3.63, 3.8) is 0 Å². The molecular weight excluding hydrogens is 512 g/mol. The van der Waals surface area contributed by atoms with Crippen molar-refractivity contribution in [1.29, 1.82) is 0 Å². The largest absolute Gasteiger partial charge is 0.478 e. The molecule has 0 spiro atoms. The minimum absolute atomic E-state index is 0.0882. The van der Waals surface area contributed by atoms with E-state index in [1.54, 1.807) is 0 Å². The lowest BCUT2D eigenvalue weighted by Crippen LogP contribution is -2.48. The van der Waals surface area contributed by atoms with Gasteiger partial charge in [0.2, 0.25) is 0 Å². The molecule has 3 fully saturated rings. The SMILES string of the molecule is C=C(CCC(OC1CCCCCCCCC1)(OC1CCCCCCCCC1)OC1CCCCCCCCC1)C(=O)O. The molecule has 41 heavy (non-hydrogen) atoms. The minimum atomic E-state index is -1.20. The molecule has 1 N–H and O–H groups in total. The molecule has 0 aromatic rings. The minimum Gasteiger partial charge on any atom is -0.478 e. The maximum atomic E-state index is 11.8. The predicted molar refractivity (Wildman–Crippen MR) is 168 cm³/mol. The molecule has 3 aliphatic rings. The van der Waals surface area contributed by atoms with Crippen molar-refractivity contribution in [2.75, 3.05) is 0 Å². The summed E-state index contributed by atoms with van der Waals surface area (Å²) in [5.41, 5.74) is 0.216. The summed E-state index contributed by atoms with van der Waals surface area (Å²) in [7, 11) is 0. The maximum Gasteiger partial charge on any atom is 0.330 e. The van der Waals surface area contributed by atoms with Crippen LogP contribution in [0.3, 0.4) is 0 Å². The summed E-state index contributed by atoms with van der Waals surface area (Å²) < 4.78 is 21.4. The third-order valence-electron chi connectivity index (χ3n) is 9.73. The molecule has 3 rings (SSSR count). The van der Waals surface area contributed by atoms with Crippen LogP contribution < -0.4 is 0 Å². The Hall–Kier alpha value is -0.910. The Morgan fingerprint density at radius 1 is 0.512 bits per heavy atom. The zero-order valence-corrected chi connectivity index (χ0v) is 26.5. The third-order valence-corrected chi connectivity index (χ3v) is 9.73. The van der Waals surface area contributed by atoms with Crippen LogP contribution in [0.4, 0.5) is 0 Å². The normalized spacial score (nSPS) is 23.4. The maximum absolute atomic E-state index is 11.8. The van der Waals surface area contributed by atoms with Crippen LogP contribution in [-0.2, 0) is 19.0 Å². The van der Waals surface area contributed by atoms with Gasteiger partial charge in [0.1, 0.15) is 0 Å². The second-order valence-corrected chi connectivity index (χ2v) is 13.5. The molecule has 0 saturated heterocycles. The van der Waals surface area contributed by atoms with Crippen molar-refractivity contribution in [2.24, 2.45) is 0 Å². The number of hydrogen-bond donors (Lipinski definition) is 1. The molecule has 0 aromatic heterocycles. The number of ether oxygens (including phenoxy) is 3. The van der Waals surface area contributed by atoms with Gasteiger partial charge in [0, 0.05) is 12.0 Å². The summed E-state index contributed by atoms with van der Waals surface area (Å²) >= 11 is 0. The average Bonchev–Trinajstić information content (AvgIpc) is 2.97. The summed E-state index contributed by atoms with van der Waals surface area (Å²) in [5.74, 6) is -2.13. The zero-order valence-electron chi connectivity index (χ0n) is 26.5. The van der Waals surface area contributed by atoms with E-state index in [4.69, 9.17) is 14.2 Å². The van der Waals surface area contributed by atoms with Gasteiger partial charge in [0.15, 0.2) is 0 Å². The fraction of sp³-hybridized carbons (Fsp3) is 0.917. The van der Waals surface area contributed by atoms with E-state index < -0.39 is 11.9 Å². The highest BCUT2D eigenvalue weighted by Crippen LogP contribution is 2.36. The second-order valence-electron chi connectivity index (χ2n) is 13.5. The Labute approximate surface area is 252 Å². The van der Waals surface area contributed by atoms with Crippen molar-refractivity contribution >= 4 is 5.97 Å². The first-order valence-electron chi connectivity index (χ1n) is 18.0. The fourth-order valence-corrected chi connectivity index (χ4v) is 7.10. The summed E-state index contributed by atoms with van der Waals surface area (Å²) in [6.45, 7) is 3.88. The molecule has 0 amide bonds. The molecule has 0 aromatic carbocycles. The molecule has 238 valence electrons. The summed E-state index contributed by atoms with van der Waals surface area (Å²) in [6, 6.07) is 0. The summed E-state index contributed by atoms with van der Waals surface area (Å²) in [5, 5.41) is 9.70. The number of aliphatic carboxylic acids is 1. The van der Waals surface area contributed by atoms with E-state index in [1.165, 1.54) is 135 Å². The van der Waals surface area contributed by atoms with Gasteiger partial charge in [0.25, 0.3) is 5.97 Å². The number of carboxylic acids is 1. The highest BCUT2D eigenvalue weighted by molar-refractivity contribution is 5.85. The topological polar surface area (TPSA) is 65.0 Å². The number of rotatable bonds is 10. The van der Waals surface area contributed by atoms with E-state index in [1.807, 2.05) is 0 Å². The molecule has 3 saturated carbocycles. The molecule has 0 radical (unpaired) electrons. The van der Waals surface area contributed by atoms with E-state index in [-0.39, 0.29) is 23.9 Å². The Balaban J connectivity index is 1.87. The third kappa shape index (κ3) is 14.9. The van der Waals surface area contributed by atoms with E-state index >= 15 is 0 Å². The van der Waals surface area contributed by atoms with Crippen molar-refractivity contribution in [1.82, 2.24) is 0 Å². The smallest absolute Gasteiger partial charge is 0.330 e. The van der Waals surface area contributed by atoms with Crippen LogP contribution in [0.1, 0.15) is 186 Å². The standard InChI is InChI=1S/C36H64O5/c1-31(35(37)38)29-30-36(39-32-23-17-11-5-2-6-12-18-24-32,40-33-25-19-13-7-3-8-14-20-26-33)41-34-27-21-15-9-4-10-16-22-28-34/h32-34H,1-30H2,(H,37,38). The number of carbonyl (C=O) groups is 1. The van der Waals surface area contributed by atoms with Crippen molar-refractivity contribution in [3.8, 4) is 0 Å². The monoisotopic (exact) mass is 576 g/mol. The van der Waals surface area contributed by atoms with Crippen LogP contribution in [0.25, 0.3) is 0 Å². The van der Waals surface area contributed by atoms with Gasteiger partial charge in [-0.1, -0.05) is 141 Å². The van der Waals surface area contributed by atoms with Gasteiger partial charge in [-0.05, 0) is 44.9 Å². The fourth-order valence-electron chi connectivity index (χ4n) is 7.10. The van der Waals surface area contributed by atoms with Gasteiger partial charge in [-0.2, -0.15) is 0 Å².